The van der Waals surface area contributed by atoms with Crippen molar-refractivity contribution in [2.45, 2.75) is 39.3 Å². The SMILES string of the molecule is Cc1nn(C)c(C)c1CN1CC2CCC(N)C2C1. The second-order valence-electron chi connectivity index (χ2n) is 6.13. The fourth-order valence-corrected chi connectivity index (χ4v) is 3.80. The molecule has 1 saturated carbocycles. The van der Waals surface area contributed by atoms with Crippen molar-refractivity contribution in [1.29, 1.82) is 0 Å². The van der Waals surface area contributed by atoms with Gasteiger partial charge in [-0.25, -0.2) is 0 Å². The zero-order chi connectivity index (χ0) is 12.9. The van der Waals surface area contributed by atoms with Crippen molar-refractivity contribution in [2.24, 2.45) is 24.6 Å². The van der Waals surface area contributed by atoms with Crippen molar-refractivity contribution >= 4 is 0 Å². The smallest absolute Gasteiger partial charge is 0.0641 e. The van der Waals surface area contributed by atoms with E-state index >= 15 is 0 Å². The third kappa shape index (κ3) is 1.88. The monoisotopic (exact) mass is 248 g/mol. The van der Waals surface area contributed by atoms with Gasteiger partial charge >= 0.3 is 0 Å². The summed E-state index contributed by atoms with van der Waals surface area (Å²) in [5.41, 5.74) is 10.1. The number of aryl methyl sites for hydroxylation is 2. The topological polar surface area (TPSA) is 47.1 Å². The molecule has 0 bridgehead atoms. The molecular weight excluding hydrogens is 224 g/mol. The number of nitrogens with zero attached hydrogens (tertiary/aromatic N) is 3. The van der Waals surface area contributed by atoms with E-state index in [1.54, 1.807) is 0 Å². The van der Waals surface area contributed by atoms with Crippen LogP contribution >= 0.6 is 0 Å². The van der Waals surface area contributed by atoms with E-state index in [1.165, 1.54) is 42.9 Å². The molecular formula is C14H24N4. The van der Waals surface area contributed by atoms with Gasteiger partial charge in [0.2, 0.25) is 0 Å². The molecule has 0 radical (unpaired) electrons. The second kappa shape index (κ2) is 4.35. The molecule has 4 heteroatoms. The third-order valence-corrected chi connectivity index (χ3v) is 5.03. The number of likely N-dealkylation sites (tertiary alicyclic amines) is 1. The number of nitrogens with two attached hydrogens (primary N) is 1. The van der Waals surface area contributed by atoms with Gasteiger partial charge in [-0.05, 0) is 38.5 Å². The summed E-state index contributed by atoms with van der Waals surface area (Å²) in [6.45, 7) is 7.74. The zero-order valence-corrected chi connectivity index (χ0v) is 11.7. The molecule has 1 aliphatic carbocycles. The number of hydrogen-bond donors (Lipinski definition) is 1. The first-order valence-corrected chi connectivity index (χ1v) is 7.03. The van der Waals surface area contributed by atoms with Gasteiger partial charge < -0.3 is 5.73 Å². The van der Waals surface area contributed by atoms with Crippen LogP contribution in [0.2, 0.25) is 0 Å². The van der Waals surface area contributed by atoms with Crippen LogP contribution in [0.25, 0.3) is 0 Å². The van der Waals surface area contributed by atoms with E-state index in [0.717, 1.165) is 18.4 Å². The van der Waals surface area contributed by atoms with Gasteiger partial charge in [0.05, 0.1) is 5.69 Å². The van der Waals surface area contributed by atoms with Gasteiger partial charge in [-0.2, -0.15) is 5.10 Å². The Morgan fingerprint density at radius 3 is 2.67 bits per heavy atom. The molecule has 2 fully saturated rings. The van der Waals surface area contributed by atoms with Crippen LogP contribution in [0.4, 0.5) is 0 Å². The highest BCUT2D eigenvalue weighted by Crippen LogP contribution is 2.37. The minimum absolute atomic E-state index is 0.441. The molecule has 0 aromatic carbocycles. The fraction of sp³-hybridized carbons (Fsp3) is 0.786. The van der Waals surface area contributed by atoms with Crippen molar-refractivity contribution in [3.63, 3.8) is 0 Å². The van der Waals surface area contributed by atoms with Gasteiger partial charge in [-0.1, -0.05) is 0 Å². The van der Waals surface area contributed by atoms with E-state index in [2.05, 4.69) is 23.8 Å². The summed E-state index contributed by atoms with van der Waals surface area (Å²) in [6, 6.07) is 0.441. The van der Waals surface area contributed by atoms with E-state index < -0.39 is 0 Å². The molecule has 3 atom stereocenters. The van der Waals surface area contributed by atoms with Gasteiger partial charge in [0, 0.05) is 44.0 Å². The Morgan fingerprint density at radius 1 is 1.28 bits per heavy atom. The van der Waals surface area contributed by atoms with Crippen LogP contribution in [-0.4, -0.2) is 33.8 Å². The number of aromatic nitrogens is 2. The molecule has 1 aromatic heterocycles. The van der Waals surface area contributed by atoms with Crippen LogP contribution in [0.3, 0.4) is 0 Å². The largest absolute Gasteiger partial charge is 0.327 e. The molecule has 3 rings (SSSR count). The minimum atomic E-state index is 0.441. The first-order valence-electron chi connectivity index (χ1n) is 7.03. The average Bonchev–Trinajstić information content (AvgIpc) is 2.93. The summed E-state index contributed by atoms with van der Waals surface area (Å²) in [5, 5.41) is 4.51. The van der Waals surface area contributed by atoms with E-state index in [9.17, 15) is 0 Å². The normalized spacial score (nSPS) is 32.1. The minimum Gasteiger partial charge on any atom is -0.327 e. The first kappa shape index (κ1) is 12.2. The number of hydrogen-bond acceptors (Lipinski definition) is 3. The van der Waals surface area contributed by atoms with E-state index in [-0.39, 0.29) is 0 Å². The highest BCUT2D eigenvalue weighted by molar-refractivity contribution is 5.24. The van der Waals surface area contributed by atoms with Gasteiger partial charge in [-0.15, -0.1) is 0 Å². The maximum Gasteiger partial charge on any atom is 0.0641 e. The van der Waals surface area contributed by atoms with Crippen LogP contribution in [-0.2, 0) is 13.6 Å². The van der Waals surface area contributed by atoms with Crippen molar-refractivity contribution in [3.8, 4) is 0 Å². The third-order valence-electron chi connectivity index (χ3n) is 5.03. The van der Waals surface area contributed by atoms with Crippen molar-refractivity contribution in [3.05, 3.63) is 17.0 Å². The summed E-state index contributed by atoms with van der Waals surface area (Å²) in [5.74, 6) is 1.58. The van der Waals surface area contributed by atoms with Crippen LogP contribution in [0.1, 0.15) is 29.8 Å². The van der Waals surface area contributed by atoms with Crippen molar-refractivity contribution in [2.75, 3.05) is 13.1 Å². The summed E-state index contributed by atoms with van der Waals surface area (Å²) >= 11 is 0. The predicted molar refractivity (Wildman–Crippen MR) is 72.1 cm³/mol. The molecule has 0 spiro atoms. The fourth-order valence-electron chi connectivity index (χ4n) is 3.80. The van der Waals surface area contributed by atoms with Crippen LogP contribution in [0.15, 0.2) is 0 Å². The highest BCUT2D eigenvalue weighted by atomic mass is 15.3. The zero-order valence-electron chi connectivity index (χ0n) is 11.7. The van der Waals surface area contributed by atoms with Crippen molar-refractivity contribution in [1.82, 2.24) is 14.7 Å². The standard InChI is InChI=1S/C14H24N4/c1-9-12(10(2)17(3)16-9)7-18-6-11-4-5-14(15)13(11)8-18/h11,13-14H,4-8,15H2,1-3H3. The molecule has 3 unspecified atom stereocenters. The van der Waals surface area contributed by atoms with E-state index in [1.807, 2.05) is 11.7 Å². The lowest BCUT2D eigenvalue weighted by Gasteiger charge is -2.18. The molecule has 4 nitrogen and oxygen atoms in total. The summed E-state index contributed by atoms with van der Waals surface area (Å²) in [6.07, 6.45) is 2.56. The summed E-state index contributed by atoms with van der Waals surface area (Å²) in [7, 11) is 2.03. The van der Waals surface area contributed by atoms with Crippen LogP contribution in [0.5, 0.6) is 0 Å². The average molecular weight is 248 g/mol. The molecule has 0 amide bonds. The molecule has 1 aliphatic heterocycles. The first-order chi connectivity index (χ1) is 8.56. The molecule has 2 aliphatic rings. The molecule has 1 saturated heterocycles. The molecule has 2 N–H and O–H groups in total. The maximum atomic E-state index is 6.20. The Balaban J connectivity index is 1.71. The highest BCUT2D eigenvalue weighted by Gasteiger charge is 2.40. The Morgan fingerprint density at radius 2 is 2.06 bits per heavy atom. The lowest BCUT2D eigenvalue weighted by atomic mass is 9.98. The molecule has 2 heterocycles. The van der Waals surface area contributed by atoms with E-state index in [4.69, 9.17) is 5.73 Å². The van der Waals surface area contributed by atoms with Gasteiger partial charge in [0.25, 0.3) is 0 Å². The Bertz CT molecular complexity index is 451. The summed E-state index contributed by atoms with van der Waals surface area (Å²) in [4.78, 5) is 2.57. The second-order valence-corrected chi connectivity index (χ2v) is 6.13. The molecule has 1 aromatic rings. The predicted octanol–water partition coefficient (Wildman–Crippen LogP) is 1.21. The van der Waals surface area contributed by atoms with Crippen molar-refractivity contribution < 1.29 is 0 Å². The van der Waals surface area contributed by atoms with Crippen LogP contribution in [0, 0.1) is 25.7 Å². The number of rotatable bonds is 2. The summed E-state index contributed by atoms with van der Waals surface area (Å²) < 4.78 is 1.99. The van der Waals surface area contributed by atoms with Crippen LogP contribution < -0.4 is 5.73 Å². The van der Waals surface area contributed by atoms with Gasteiger partial charge in [-0.3, -0.25) is 9.58 Å². The van der Waals surface area contributed by atoms with Gasteiger partial charge in [0.15, 0.2) is 0 Å². The Labute approximate surface area is 109 Å². The molecule has 100 valence electrons. The molecule has 18 heavy (non-hydrogen) atoms. The number of fused-ring (bicyclic) bond motifs is 1. The Kier molecular flexibility index (Phi) is 2.94. The lowest BCUT2D eigenvalue weighted by molar-refractivity contribution is 0.297. The lowest BCUT2D eigenvalue weighted by Crippen LogP contribution is -2.30. The van der Waals surface area contributed by atoms with Gasteiger partial charge in [0.1, 0.15) is 0 Å². The van der Waals surface area contributed by atoms with E-state index in [0.29, 0.717) is 6.04 Å². The quantitative estimate of drug-likeness (QED) is 0.855. The Hall–Kier alpha value is -0.870. The maximum absolute atomic E-state index is 6.20.